The topological polar surface area (TPSA) is 49.8 Å². The Kier molecular flexibility index (Phi) is 7.19. The number of hydrogen-bond acceptors (Lipinski definition) is 4. The fourth-order valence-corrected chi connectivity index (χ4v) is 5.60. The van der Waals surface area contributed by atoms with E-state index in [1.54, 1.807) is 25.1 Å². The first kappa shape index (κ1) is 24.5. The number of likely N-dealkylation sites (tertiary alicyclic amines) is 1. The number of carboxylic acid groups (broad SMARTS) is 1. The van der Waals surface area contributed by atoms with Crippen molar-refractivity contribution in [2.75, 3.05) is 13.1 Å². The third kappa shape index (κ3) is 5.08. The van der Waals surface area contributed by atoms with Crippen LogP contribution in [-0.4, -0.2) is 29.1 Å². The van der Waals surface area contributed by atoms with Crippen LogP contribution in [0.15, 0.2) is 42.5 Å². The first-order valence-electron chi connectivity index (χ1n) is 11.5. The monoisotopic (exact) mass is 491 g/mol. The number of rotatable bonds is 8. The third-order valence-corrected chi connectivity index (χ3v) is 7.59. The summed E-state index contributed by atoms with van der Waals surface area (Å²) >= 11 is 0.726. The van der Waals surface area contributed by atoms with Gasteiger partial charge in [-0.3, -0.25) is 9.69 Å². The van der Waals surface area contributed by atoms with E-state index >= 15 is 0 Å². The molecule has 4 nitrogen and oxygen atoms in total. The number of carboxylic acids is 1. The Bertz CT molecular complexity index is 1110. The number of aliphatic carboxylic acids is 1. The van der Waals surface area contributed by atoms with Crippen LogP contribution in [0.4, 0.5) is 13.2 Å². The summed E-state index contributed by atoms with van der Waals surface area (Å²) in [6, 6.07) is 7.63. The molecule has 1 fully saturated rings. The molecule has 182 valence electrons. The van der Waals surface area contributed by atoms with E-state index in [0.717, 1.165) is 36.2 Å². The summed E-state index contributed by atoms with van der Waals surface area (Å²) in [7, 11) is 0. The maximum absolute atomic E-state index is 13.7. The molecule has 2 aromatic rings. The molecular weight excluding hydrogens is 463 g/mol. The van der Waals surface area contributed by atoms with Gasteiger partial charge in [0.1, 0.15) is 17.2 Å². The second-order valence-electron chi connectivity index (χ2n) is 8.70. The van der Waals surface area contributed by atoms with Crippen LogP contribution in [0.5, 0.6) is 5.75 Å². The summed E-state index contributed by atoms with van der Waals surface area (Å²) in [5.74, 6) is -0.400. The molecule has 1 aliphatic heterocycles. The first-order valence-corrected chi connectivity index (χ1v) is 12.3. The van der Waals surface area contributed by atoms with E-state index in [0.29, 0.717) is 29.3 Å². The van der Waals surface area contributed by atoms with Crippen LogP contribution in [0.1, 0.15) is 59.2 Å². The van der Waals surface area contributed by atoms with Gasteiger partial charge in [0.2, 0.25) is 0 Å². The number of ether oxygens (including phenoxy) is 1. The van der Waals surface area contributed by atoms with E-state index in [9.17, 15) is 18.0 Å². The number of alkyl halides is 3. The molecule has 2 heterocycles. The van der Waals surface area contributed by atoms with E-state index in [-0.39, 0.29) is 24.1 Å². The molecule has 1 N–H and O–H groups in total. The smallest absolute Gasteiger partial charge is 0.426 e. The Labute approximate surface area is 201 Å². The minimum atomic E-state index is -4.42. The first-order chi connectivity index (χ1) is 16.2. The Morgan fingerprint density at radius 2 is 2.06 bits per heavy atom. The van der Waals surface area contributed by atoms with Gasteiger partial charge in [-0.25, -0.2) is 0 Å². The molecule has 34 heavy (non-hydrogen) atoms. The lowest BCUT2D eigenvalue weighted by molar-refractivity contribution is -0.148. The van der Waals surface area contributed by atoms with Crippen LogP contribution in [0, 0.1) is 5.92 Å². The predicted molar refractivity (Wildman–Crippen MR) is 127 cm³/mol. The highest BCUT2D eigenvalue weighted by Crippen LogP contribution is 2.43. The number of carbonyl (C=O) groups is 1. The molecule has 1 aromatic carbocycles. The normalized spacial score (nSPS) is 19.4. The minimum absolute atomic E-state index is 0.0663. The van der Waals surface area contributed by atoms with Crippen LogP contribution in [0.25, 0.3) is 5.57 Å². The largest absolute Gasteiger partial charge is 0.488 e. The Hall–Kier alpha value is -2.58. The zero-order valence-electron chi connectivity index (χ0n) is 19.2. The van der Waals surface area contributed by atoms with Gasteiger partial charge >= 0.3 is 12.1 Å². The van der Waals surface area contributed by atoms with Crippen LogP contribution in [0.2, 0.25) is 0 Å². The average Bonchev–Trinajstić information content (AvgIpc) is 3.36. The van der Waals surface area contributed by atoms with Gasteiger partial charge in [0.15, 0.2) is 0 Å². The molecule has 0 spiro atoms. The molecule has 0 amide bonds. The molecule has 0 radical (unpaired) electrons. The number of thiophene rings is 1. The van der Waals surface area contributed by atoms with E-state index in [2.05, 4.69) is 4.90 Å². The summed E-state index contributed by atoms with van der Waals surface area (Å²) in [4.78, 5) is 13.2. The highest BCUT2D eigenvalue weighted by molar-refractivity contribution is 7.12. The average molecular weight is 492 g/mol. The van der Waals surface area contributed by atoms with Gasteiger partial charge in [-0.15, -0.1) is 11.3 Å². The van der Waals surface area contributed by atoms with E-state index < -0.39 is 17.0 Å². The van der Waals surface area contributed by atoms with Crippen LogP contribution in [0.3, 0.4) is 0 Å². The van der Waals surface area contributed by atoms with Crippen molar-refractivity contribution < 1.29 is 27.8 Å². The number of halogens is 3. The van der Waals surface area contributed by atoms with Gasteiger partial charge in [-0.1, -0.05) is 31.2 Å². The molecular formula is C26H28F3NO3S. The number of aryl methyl sites for hydroxylation is 1. The second kappa shape index (κ2) is 9.96. The highest BCUT2D eigenvalue weighted by Gasteiger charge is 2.39. The summed E-state index contributed by atoms with van der Waals surface area (Å²) < 4.78 is 46.9. The molecule has 1 atom stereocenters. The number of hydrogen-bond donors (Lipinski definition) is 1. The molecule has 0 bridgehead atoms. The van der Waals surface area contributed by atoms with Gasteiger partial charge in [-0.05, 0) is 61.1 Å². The predicted octanol–water partition coefficient (Wildman–Crippen LogP) is 6.72. The quantitative estimate of drug-likeness (QED) is 0.417. The van der Waals surface area contributed by atoms with Crippen molar-refractivity contribution in [2.45, 2.75) is 51.9 Å². The van der Waals surface area contributed by atoms with Gasteiger partial charge in [0, 0.05) is 29.6 Å². The molecule has 2 aliphatic rings. The molecule has 0 saturated carbocycles. The zero-order valence-corrected chi connectivity index (χ0v) is 20.0. The van der Waals surface area contributed by atoms with Crippen LogP contribution < -0.4 is 4.74 Å². The maximum atomic E-state index is 13.7. The molecule has 1 aliphatic carbocycles. The number of allylic oxidation sites excluding steroid dienone is 4. The number of nitrogens with zero attached hydrogens (tertiary/aromatic N) is 1. The minimum Gasteiger partial charge on any atom is -0.488 e. The van der Waals surface area contributed by atoms with Crippen molar-refractivity contribution in [1.29, 1.82) is 0 Å². The van der Waals surface area contributed by atoms with Crippen LogP contribution >= 0.6 is 11.3 Å². The maximum Gasteiger partial charge on any atom is 0.426 e. The highest BCUT2D eigenvalue weighted by atomic mass is 32.1. The van der Waals surface area contributed by atoms with Gasteiger partial charge in [0.05, 0.1) is 5.92 Å². The lowest BCUT2D eigenvalue weighted by atomic mass is 9.95. The fraction of sp³-hybridized carbons (Fsp3) is 0.423. The lowest BCUT2D eigenvalue weighted by Gasteiger charge is -2.41. The van der Waals surface area contributed by atoms with Gasteiger partial charge < -0.3 is 9.84 Å². The summed E-state index contributed by atoms with van der Waals surface area (Å²) in [6.07, 6.45) is 3.41. The Morgan fingerprint density at radius 3 is 2.71 bits per heavy atom. The molecule has 8 heteroatoms. The van der Waals surface area contributed by atoms with Gasteiger partial charge in [-0.2, -0.15) is 13.2 Å². The van der Waals surface area contributed by atoms with Crippen molar-refractivity contribution in [2.24, 2.45) is 5.92 Å². The third-order valence-electron chi connectivity index (χ3n) is 6.44. The van der Waals surface area contributed by atoms with Crippen molar-refractivity contribution >= 4 is 22.9 Å². The van der Waals surface area contributed by atoms with E-state index in [4.69, 9.17) is 9.84 Å². The molecule has 1 unspecified atom stereocenters. The molecule has 1 aromatic heterocycles. The summed E-state index contributed by atoms with van der Waals surface area (Å²) in [6.45, 7) is 4.89. The molecule has 4 rings (SSSR count). The summed E-state index contributed by atoms with van der Waals surface area (Å²) in [5.41, 5.74) is 3.09. The van der Waals surface area contributed by atoms with Crippen LogP contribution in [-0.2, 0) is 24.0 Å². The van der Waals surface area contributed by atoms with Crippen molar-refractivity contribution in [3.63, 3.8) is 0 Å². The van der Waals surface area contributed by atoms with Crippen molar-refractivity contribution in [3.8, 4) is 5.75 Å². The number of benzene rings is 1. The SMILES string of the molecule is C/C=C(\C=C/CC)c1cc(COc2ccc3c(c2)CCC3N2CC(C(=O)O)C2)sc1C(F)(F)F. The second-order valence-corrected chi connectivity index (χ2v) is 9.84. The summed E-state index contributed by atoms with van der Waals surface area (Å²) in [5, 5.41) is 9.11. The van der Waals surface area contributed by atoms with Crippen molar-refractivity contribution in [1.82, 2.24) is 4.90 Å². The van der Waals surface area contributed by atoms with Crippen molar-refractivity contribution in [3.05, 3.63) is 68.9 Å². The zero-order chi connectivity index (χ0) is 24.5. The Morgan fingerprint density at radius 1 is 1.29 bits per heavy atom. The van der Waals surface area contributed by atoms with E-state index in [1.165, 1.54) is 5.56 Å². The Balaban J connectivity index is 1.46. The fourth-order valence-electron chi connectivity index (χ4n) is 4.64. The lowest BCUT2D eigenvalue weighted by Crippen LogP contribution is -2.51. The van der Waals surface area contributed by atoms with E-state index in [1.807, 2.05) is 31.2 Å². The number of fused-ring (bicyclic) bond motifs is 1. The molecule has 1 saturated heterocycles. The standard InChI is InChI=1S/C26H28F3NO3S/c1-3-5-6-16(4-2)22-12-20(34-24(22)26(27,28)29)15-33-19-8-9-21-17(11-19)7-10-23(21)30-13-18(14-30)25(31)32/h4-6,8-9,11-12,18,23H,3,7,10,13-15H2,1-2H3,(H,31,32)/b6-5-,16-4+. The van der Waals surface area contributed by atoms with Gasteiger partial charge in [0.25, 0.3) is 0 Å².